The van der Waals surface area contributed by atoms with Crippen molar-refractivity contribution in [1.82, 2.24) is 14.9 Å². The Labute approximate surface area is 205 Å². The lowest BCUT2D eigenvalue weighted by atomic mass is 10.0. The third kappa shape index (κ3) is 4.57. The molecule has 8 heteroatoms. The van der Waals surface area contributed by atoms with Crippen molar-refractivity contribution in [3.8, 4) is 5.69 Å². The lowest BCUT2D eigenvalue weighted by Crippen LogP contribution is -2.35. The Hall–Kier alpha value is -3.91. The van der Waals surface area contributed by atoms with Crippen LogP contribution in [0.4, 0.5) is 5.69 Å². The Morgan fingerprint density at radius 2 is 1.74 bits per heavy atom. The molecule has 4 aromatic rings. The molecule has 0 radical (unpaired) electrons. The fraction of sp³-hybridized carbons (Fsp3) is 0.185. The molecule has 1 aromatic heterocycles. The van der Waals surface area contributed by atoms with E-state index >= 15 is 0 Å². The van der Waals surface area contributed by atoms with E-state index in [1.165, 1.54) is 16.4 Å². The summed E-state index contributed by atoms with van der Waals surface area (Å²) >= 11 is 0. The summed E-state index contributed by atoms with van der Waals surface area (Å²) < 4.78 is 30.0. The minimum atomic E-state index is -3.71. The van der Waals surface area contributed by atoms with Gasteiger partial charge in [-0.25, -0.2) is 13.4 Å². The van der Waals surface area contributed by atoms with E-state index in [1.807, 2.05) is 66.2 Å². The molecule has 0 unspecified atom stereocenters. The molecule has 3 aromatic carbocycles. The molecule has 0 saturated heterocycles. The summed E-state index contributed by atoms with van der Waals surface area (Å²) in [6.45, 7) is 2.36. The molecule has 2 heterocycles. The zero-order valence-electron chi connectivity index (χ0n) is 19.3. The van der Waals surface area contributed by atoms with Crippen LogP contribution in [0.3, 0.4) is 0 Å². The number of hydrogen-bond donors (Lipinski definition) is 1. The zero-order valence-corrected chi connectivity index (χ0v) is 20.2. The van der Waals surface area contributed by atoms with Crippen molar-refractivity contribution in [1.29, 1.82) is 0 Å². The number of fused-ring (bicyclic) bond motifs is 1. The number of amides is 1. The number of benzene rings is 3. The maximum Gasteiger partial charge on any atom is 0.264 e. The smallest absolute Gasteiger partial charge is 0.264 e. The molecule has 1 amide bonds. The number of anilines is 1. The molecule has 0 spiro atoms. The summed E-state index contributed by atoms with van der Waals surface area (Å²) in [6, 6.07) is 21.4. The first kappa shape index (κ1) is 22.9. The van der Waals surface area contributed by atoms with Crippen LogP contribution in [0.2, 0.25) is 0 Å². The van der Waals surface area contributed by atoms with Gasteiger partial charge in [0.05, 0.1) is 23.0 Å². The van der Waals surface area contributed by atoms with Crippen LogP contribution in [0.25, 0.3) is 5.69 Å². The van der Waals surface area contributed by atoms with Crippen molar-refractivity contribution >= 4 is 21.6 Å². The van der Waals surface area contributed by atoms with E-state index < -0.39 is 10.0 Å². The summed E-state index contributed by atoms with van der Waals surface area (Å²) in [4.78, 5) is 17.1. The highest BCUT2D eigenvalue weighted by Gasteiger charge is 2.29. The Bertz CT molecular complexity index is 1430. The molecule has 1 aliphatic rings. The van der Waals surface area contributed by atoms with Crippen LogP contribution in [0.15, 0.2) is 96.4 Å². The number of hydrogen-bond acceptors (Lipinski definition) is 4. The molecule has 35 heavy (non-hydrogen) atoms. The van der Waals surface area contributed by atoms with Gasteiger partial charge in [0.25, 0.3) is 15.9 Å². The molecular weight excluding hydrogens is 460 g/mol. The monoisotopic (exact) mass is 486 g/mol. The summed E-state index contributed by atoms with van der Waals surface area (Å²) in [5.41, 5.74) is 4.12. The topological polar surface area (TPSA) is 84.3 Å². The number of para-hydroxylation sites is 1. The van der Waals surface area contributed by atoms with Crippen LogP contribution in [-0.2, 0) is 16.4 Å². The van der Waals surface area contributed by atoms with Crippen LogP contribution >= 0.6 is 0 Å². The van der Waals surface area contributed by atoms with Gasteiger partial charge in [-0.3, -0.25) is 9.10 Å². The minimum absolute atomic E-state index is 0.175. The van der Waals surface area contributed by atoms with E-state index in [-0.39, 0.29) is 16.8 Å². The van der Waals surface area contributed by atoms with Crippen molar-refractivity contribution in [2.75, 3.05) is 10.8 Å². The van der Waals surface area contributed by atoms with Crippen molar-refractivity contribution in [3.05, 3.63) is 108 Å². The number of carbonyl (C=O) groups is 1. The largest absolute Gasteiger partial charge is 0.346 e. The first-order valence-electron chi connectivity index (χ1n) is 11.5. The van der Waals surface area contributed by atoms with Gasteiger partial charge in [-0.2, -0.15) is 0 Å². The summed E-state index contributed by atoms with van der Waals surface area (Å²) in [5, 5.41) is 2.98. The Kier molecular flexibility index (Phi) is 6.13. The van der Waals surface area contributed by atoms with Gasteiger partial charge >= 0.3 is 0 Å². The van der Waals surface area contributed by atoms with E-state index in [1.54, 1.807) is 24.7 Å². The maximum atomic E-state index is 13.3. The zero-order chi connectivity index (χ0) is 24.4. The average Bonchev–Trinajstić information content (AvgIpc) is 3.43. The Balaban J connectivity index is 1.28. The molecule has 0 aliphatic carbocycles. The molecule has 5 rings (SSSR count). The number of aryl methyl sites for hydroxylation is 1. The SMILES string of the molecule is C[C@@H](NC(=O)c1ccc(S(=O)(=O)N2CCCc3ccccc32)cc1)c1ccc(-n2ccnc2)cc1. The van der Waals surface area contributed by atoms with Gasteiger partial charge in [0, 0.05) is 30.2 Å². The van der Waals surface area contributed by atoms with Gasteiger partial charge in [0.2, 0.25) is 0 Å². The van der Waals surface area contributed by atoms with E-state index in [2.05, 4.69) is 10.3 Å². The molecule has 0 saturated carbocycles. The van der Waals surface area contributed by atoms with E-state index in [0.717, 1.165) is 35.3 Å². The number of nitrogens with one attached hydrogen (secondary N) is 1. The standard InChI is InChI=1S/C27H26N4O3S/c1-20(21-8-12-24(13-9-21)30-18-16-28-19-30)29-27(32)23-10-14-25(15-11-23)35(33,34)31-17-4-6-22-5-2-3-7-26(22)31/h2-3,5,7-16,18-20H,4,6,17H2,1H3,(H,29,32)/t20-/m1/s1. The van der Waals surface area contributed by atoms with Crippen LogP contribution in [0.1, 0.15) is 40.9 Å². The molecular formula is C27H26N4O3S. The fourth-order valence-electron chi connectivity index (χ4n) is 4.36. The second kappa shape index (κ2) is 9.38. The summed E-state index contributed by atoms with van der Waals surface area (Å²) in [7, 11) is -3.71. The molecule has 7 nitrogen and oxygen atoms in total. The molecule has 0 fully saturated rings. The van der Waals surface area contributed by atoms with Crippen molar-refractivity contribution < 1.29 is 13.2 Å². The van der Waals surface area contributed by atoms with Crippen molar-refractivity contribution in [2.45, 2.75) is 30.7 Å². The molecule has 0 bridgehead atoms. The van der Waals surface area contributed by atoms with Crippen LogP contribution in [-0.4, -0.2) is 30.4 Å². The van der Waals surface area contributed by atoms with Gasteiger partial charge in [0.1, 0.15) is 0 Å². The fourth-order valence-corrected chi connectivity index (χ4v) is 5.91. The number of imidazole rings is 1. The van der Waals surface area contributed by atoms with Gasteiger partial charge < -0.3 is 9.88 Å². The maximum absolute atomic E-state index is 13.3. The molecule has 1 N–H and O–H groups in total. The first-order valence-corrected chi connectivity index (χ1v) is 13.0. The summed E-state index contributed by atoms with van der Waals surface area (Å²) in [6.07, 6.45) is 6.96. The van der Waals surface area contributed by atoms with Crippen LogP contribution in [0.5, 0.6) is 0 Å². The molecule has 1 atom stereocenters. The van der Waals surface area contributed by atoms with Gasteiger partial charge in [-0.1, -0.05) is 30.3 Å². The number of nitrogens with zero attached hydrogens (tertiary/aromatic N) is 3. The van der Waals surface area contributed by atoms with Gasteiger partial charge in [-0.05, 0) is 73.4 Å². The second-order valence-corrected chi connectivity index (χ2v) is 10.5. The lowest BCUT2D eigenvalue weighted by molar-refractivity contribution is 0.0940. The van der Waals surface area contributed by atoms with Crippen molar-refractivity contribution in [3.63, 3.8) is 0 Å². The lowest BCUT2D eigenvalue weighted by Gasteiger charge is -2.30. The van der Waals surface area contributed by atoms with Crippen LogP contribution in [0, 0.1) is 0 Å². The molecule has 1 aliphatic heterocycles. The van der Waals surface area contributed by atoms with Gasteiger partial charge in [0.15, 0.2) is 0 Å². The van der Waals surface area contributed by atoms with Crippen molar-refractivity contribution in [2.24, 2.45) is 0 Å². The second-order valence-electron chi connectivity index (χ2n) is 8.59. The quantitative estimate of drug-likeness (QED) is 0.435. The highest BCUT2D eigenvalue weighted by Crippen LogP contribution is 2.31. The summed E-state index contributed by atoms with van der Waals surface area (Å²) in [5.74, 6) is -0.261. The highest BCUT2D eigenvalue weighted by atomic mass is 32.2. The van der Waals surface area contributed by atoms with Crippen LogP contribution < -0.4 is 9.62 Å². The average molecular weight is 487 g/mol. The number of sulfonamides is 1. The third-order valence-corrected chi connectivity index (χ3v) is 8.14. The number of aromatic nitrogens is 2. The first-order chi connectivity index (χ1) is 16.9. The van der Waals surface area contributed by atoms with E-state index in [4.69, 9.17) is 0 Å². The number of carbonyl (C=O) groups excluding carboxylic acids is 1. The normalized spacial score (nSPS) is 14.3. The molecule has 178 valence electrons. The predicted molar refractivity (Wildman–Crippen MR) is 135 cm³/mol. The number of rotatable bonds is 6. The Morgan fingerprint density at radius 3 is 2.46 bits per heavy atom. The Morgan fingerprint density at radius 1 is 1.00 bits per heavy atom. The minimum Gasteiger partial charge on any atom is -0.346 e. The van der Waals surface area contributed by atoms with E-state index in [9.17, 15) is 13.2 Å². The van der Waals surface area contributed by atoms with Gasteiger partial charge in [-0.15, -0.1) is 0 Å². The predicted octanol–water partition coefficient (Wildman–Crippen LogP) is 4.50. The highest BCUT2D eigenvalue weighted by molar-refractivity contribution is 7.92. The van der Waals surface area contributed by atoms with E-state index in [0.29, 0.717) is 12.1 Å². The third-order valence-electron chi connectivity index (χ3n) is 6.32.